The van der Waals surface area contributed by atoms with E-state index in [1.807, 2.05) is 43.0 Å². The van der Waals surface area contributed by atoms with Gasteiger partial charge in [0.05, 0.1) is 0 Å². The van der Waals surface area contributed by atoms with E-state index in [1.54, 1.807) is 0 Å². The molecule has 0 bridgehead atoms. The van der Waals surface area contributed by atoms with Crippen LogP contribution in [0.4, 0.5) is 5.69 Å². The number of hydrogen-bond acceptors (Lipinski definition) is 2. The Balaban J connectivity index is 2.70. The highest BCUT2D eigenvalue weighted by molar-refractivity contribution is 5.95. The highest BCUT2D eigenvalue weighted by Gasteiger charge is 2.13. The Labute approximate surface area is 129 Å². The Bertz CT molecular complexity index is 439. The van der Waals surface area contributed by atoms with E-state index in [0.717, 1.165) is 36.7 Å². The van der Waals surface area contributed by atoms with E-state index >= 15 is 0 Å². The Hall–Kier alpha value is -1.51. The first-order chi connectivity index (χ1) is 9.97. The van der Waals surface area contributed by atoms with Crippen LogP contribution in [0.3, 0.4) is 0 Å². The van der Waals surface area contributed by atoms with Gasteiger partial charge in [-0.15, -0.1) is 0 Å². The lowest BCUT2D eigenvalue weighted by Gasteiger charge is -2.20. The number of nitrogens with one attached hydrogen (secondary N) is 1. The van der Waals surface area contributed by atoms with Crippen molar-refractivity contribution in [3.8, 4) is 0 Å². The molecule has 1 aromatic carbocycles. The molecule has 0 radical (unpaired) electrons. The smallest absolute Gasteiger partial charge is 0.253 e. The quantitative estimate of drug-likeness (QED) is 0.769. The first-order valence-electron chi connectivity index (χ1n) is 8.13. The summed E-state index contributed by atoms with van der Waals surface area (Å²) < 4.78 is 0. The van der Waals surface area contributed by atoms with E-state index in [1.165, 1.54) is 6.42 Å². The molecule has 0 saturated heterocycles. The molecule has 1 aromatic rings. The summed E-state index contributed by atoms with van der Waals surface area (Å²) in [6.07, 6.45) is 2.36. The predicted molar refractivity (Wildman–Crippen MR) is 90.9 cm³/mol. The maximum atomic E-state index is 12.4. The molecule has 0 aliphatic rings. The molecule has 0 aromatic heterocycles. The minimum absolute atomic E-state index is 0.110. The van der Waals surface area contributed by atoms with Crippen LogP contribution in [0.5, 0.6) is 0 Å². The number of anilines is 1. The zero-order valence-electron chi connectivity index (χ0n) is 14.1. The zero-order chi connectivity index (χ0) is 15.8. The van der Waals surface area contributed by atoms with Crippen molar-refractivity contribution in [1.29, 1.82) is 0 Å². The van der Waals surface area contributed by atoms with Crippen LogP contribution in [0.15, 0.2) is 24.3 Å². The summed E-state index contributed by atoms with van der Waals surface area (Å²) in [5.41, 5.74) is 1.80. The van der Waals surface area contributed by atoms with E-state index in [9.17, 15) is 4.79 Å². The minimum Gasteiger partial charge on any atom is -0.383 e. The second-order valence-electron chi connectivity index (χ2n) is 6.07. The Morgan fingerprint density at radius 3 is 2.38 bits per heavy atom. The molecule has 1 amide bonds. The van der Waals surface area contributed by atoms with Gasteiger partial charge >= 0.3 is 0 Å². The number of carbonyl (C=O) groups is 1. The third-order valence-electron chi connectivity index (χ3n) is 3.75. The highest BCUT2D eigenvalue weighted by atomic mass is 16.2. The van der Waals surface area contributed by atoms with Gasteiger partial charge in [-0.05, 0) is 57.7 Å². The third-order valence-corrected chi connectivity index (χ3v) is 3.75. The molecule has 3 nitrogen and oxygen atoms in total. The van der Waals surface area contributed by atoms with Crippen molar-refractivity contribution < 1.29 is 4.79 Å². The minimum atomic E-state index is 0.110. The fraction of sp³-hybridized carbons (Fsp3) is 0.611. The molecule has 0 saturated carbocycles. The SMILES string of the molecule is CCN(CC)C(=O)c1cccc(NC(C)CCC(C)C)c1. The molecular weight excluding hydrogens is 260 g/mol. The van der Waals surface area contributed by atoms with E-state index < -0.39 is 0 Å². The van der Waals surface area contributed by atoms with Crippen molar-refractivity contribution in [3.05, 3.63) is 29.8 Å². The lowest BCUT2D eigenvalue weighted by molar-refractivity contribution is 0.0773. The molecule has 1 rings (SSSR count). The lowest BCUT2D eigenvalue weighted by atomic mass is 10.0. The van der Waals surface area contributed by atoms with Crippen LogP contribution in [-0.2, 0) is 0 Å². The first kappa shape index (κ1) is 17.5. The van der Waals surface area contributed by atoms with Gasteiger partial charge in [0, 0.05) is 30.4 Å². The monoisotopic (exact) mass is 290 g/mol. The van der Waals surface area contributed by atoms with Crippen LogP contribution >= 0.6 is 0 Å². The van der Waals surface area contributed by atoms with Crippen LogP contribution in [0, 0.1) is 5.92 Å². The van der Waals surface area contributed by atoms with E-state index in [4.69, 9.17) is 0 Å². The summed E-state index contributed by atoms with van der Waals surface area (Å²) in [5.74, 6) is 0.836. The molecule has 21 heavy (non-hydrogen) atoms. The maximum absolute atomic E-state index is 12.4. The van der Waals surface area contributed by atoms with Crippen molar-refractivity contribution in [3.63, 3.8) is 0 Å². The summed E-state index contributed by atoms with van der Waals surface area (Å²) in [7, 11) is 0. The van der Waals surface area contributed by atoms with Crippen LogP contribution < -0.4 is 5.32 Å². The predicted octanol–water partition coefficient (Wildman–Crippen LogP) is 4.41. The van der Waals surface area contributed by atoms with Crippen LogP contribution in [0.25, 0.3) is 0 Å². The standard InChI is InChI=1S/C18H30N2O/c1-6-20(7-2)18(21)16-9-8-10-17(13-16)19-15(5)12-11-14(3)4/h8-10,13-15,19H,6-7,11-12H2,1-5H3. The number of nitrogens with zero attached hydrogens (tertiary/aromatic N) is 1. The van der Waals surface area contributed by atoms with Gasteiger partial charge in [0.25, 0.3) is 5.91 Å². The van der Waals surface area contributed by atoms with Gasteiger partial charge in [0.15, 0.2) is 0 Å². The summed E-state index contributed by atoms with van der Waals surface area (Å²) in [4.78, 5) is 14.2. The summed E-state index contributed by atoms with van der Waals surface area (Å²) >= 11 is 0. The molecule has 1 unspecified atom stereocenters. The number of benzene rings is 1. The molecule has 1 atom stereocenters. The van der Waals surface area contributed by atoms with Gasteiger partial charge in [-0.3, -0.25) is 4.79 Å². The largest absolute Gasteiger partial charge is 0.383 e. The molecule has 3 heteroatoms. The molecule has 0 aliphatic carbocycles. The maximum Gasteiger partial charge on any atom is 0.253 e. The van der Waals surface area contributed by atoms with E-state index in [-0.39, 0.29) is 5.91 Å². The van der Waals surface area contributed by atoms with Crippen molar-refractivity contribution in [2.75, 3.05) is 18.4 Å². The average molecular weight is 290 g/mol. The van der Waals surface area contributed by atoms with Crippen molar-refractivity contribution in [2.45, 2.75) is 53.5 Å². The number of carbonyl (C=O) groups excluding carboxylic acids is 1. The molecule has 0 fully saturated rings. The first-order valence-corrected chi connectivity index (χ1v) is 8.13. The van der Waals surface area contributed by atoms with Crippen LogP contribution in [-0.4, -0.2) is 29.9 Å². The van der Waals surface area contributed by atoms with Crippen molar-refractivity contribution >= 4 is 11.6 Å². The second kappa shape index (κ2) is 8.71. The average Bonchev–Trinajstić information content (AvgIpc) is 2.46. The number of rotatable bonds is 8. The zero-order valence-corrected chi connectivity index (χ0v) is 14.1. The van der Waals surface area contributed by atoms with Gasteiger partial charge in [-0.25, -0.2) is 0 Å². The van der Waals surface area contributed by atoms with Crippen LogP contribution in [0.2, 0.25) is 0 Å². The summed E-state index contributed by atoms with van der Waals surface area (Å²) in [5, 5.41) is 3.50. The summed E-state index contributed by atoms with van der Waals surface area (Å²) in [6.45, 7) is 12.2. The van der Waals surface area contributed by atoms with E-state index in [2.05, 4.69) is 26.1 Å². The van der Waals surface area contributed by atoms with Gasteiger partial charge < -0.3 is 10.2 Å². The Kier molecular flexibility index (Phi) is 7.27. The highest BCUT2D eigenvalue weighted by Crippen LogP contribution is 2.16. The second-order valence-corrected chi connectivity index (χ2v) is 6.07. The molecule has 0 spiro atoms. The molecule has 0 aliphatic heterocycles. The Morgan fingerprint density at radius 2 is 1.81 bits per heavy atom. The fourth-order valence-electron chi connectivity index (χ4n) is 2.38. The molecule has 0 heterocycles. The van der Waals surface area contributed by atoms with Gasteiger partial charge in [-0.1, -0.05) is 19.9 Å². The van der Waals surface area contributed by atoms with Crippen molar-refractivity contribution in [1.82, 2.24) is 4.90 Å². The number of amides is 1. The third kappa shape index (κ3) is 5.78. The summed E-state index contributed by atoms with van der Waals surface area (Å²) in [6, 6.07) is 8.27. The Morgan fingerprint density at radius 1 is 1.14 bits per heavy atom. The van der Waals surface area contributed by atoms with Crippen molar-refractivity contribution in [2.24, 2.45) is 5.92 Å². The topological polar surface area (TPSA) is 32.3 Å². The normalized spacial score (nSPS) is 12.3. The van der Waals surface area contributed by atoms with Gasteiger partial charge in [-0.2, -0.15) is 0 Å². The van der Waals surface area contributed by atoms with Gasteiger partial charge in [0.2, 0.25) is 0 Å². The van der Waals surface area contributed by atoms with E-state index in [0.29, 0.717) is 6.04 Å². The van der Waals surface area contributed by atoms with Gasteiger partial charge in [0.1, 0.15) is 0 Å². The lowest BCUT2D eigenvalue weighted by Crippen LogP contribution is -2.30. The molecule has 1 N–H and O–H groups in total. The fourth-order valence-corrected chi connectivity index (χ4v) is 2.38. The number of hydrogen-bond donors (Lipinski definition) is 1. The molecule has 118 valence electrons. The molecular formula is C18H30N2O. The van der Waals surface area contributed by atoms with Crippen LogP contribution in [0.1, 0.15) is 57.8 Å².